The second-order valence-electron chi connectivity index (χ2n) is 7.17. The Morgan fingerprint density at radius 3 is 2.15 bits per heavy atom. The first-order valence-electron chi connectivity index (χ1n) is 9.98. The summed E-state index contributed by atoms with van der Waals surface area (Å²) in [5.41, 5.74) is 2.52. The van der Waals surface area contributed by atoms with Gasteiger partial charge in [0.25, 0.3) is 5.91 Å². The highest BCUT2D eigenvalue weighted by molar-refractivity contribution is 6.04. The van der Waals surface area contributed by atoms with Crippen molar-refractivity contribution >= 4 is 11.6 Å². The Hall–Kier alpha value is -4.41. The number of anilines is 1. The minimum Gasteiger partial charge on any atom is -0.438 e. The number of ether oxygens (including phenoxy) is 2. The van der Waals surface area contributed by atoms with Crippen LogP contribution >= 0.6 is 0 Å². The Bertz CT molecular complexity index is 1290. The molecule has 0 spiro atoms. The molecule has 0 fully saturated rings. The third-order valence-corrected chi connectivity index (χ3v) is 4.81. The Morgan fingerprint density at radius 1 is 0.912 bits per heavy atom. The average Bonchev–Trinajstić information content (AvgIpc) is 3.13. The van der Waals surface area contributed by atoms with Crippen LogP contribution in [0.1, 0.15) is 21.7 Å². The number of rotatable bonds is 6. The summed E-state index contributed by atoms with van der Waals surface area (Å²) < 4.78 is 48.0. The molecule has 34 heavy (non-hydrogen) atoms. The first kappa shape index (κ1) is 22.8. The van der Waals surface area contributed by atoms with Crippen molar-refractivity contribution in [2.24, 2.45) is 0 Å². The molecular formula is C23H18F3N5O3. The molecule has 0 aliphatic heterocycles. The van der Waals surface area contributed by atoms with E-state index in [4.69, 9.17) is 4.74 Å². The van der Waals surface area contributed by atoms with Crippen LogP contribution in [0.2, 0.25) is 0 Å². The van der Waals surface area contributed by atoms with Crippen molar-refractivity contribution in [1.82, 2.24) is 19.7 Å². The maximum absolute atomic E-state index is 12.3. The number of carbonyl (C=O) groups is 1. The van der Waals surface area contributed by atoms with E-state index in [1.165, 1.54) is 12.1 Å². The maximum Gasteiger partial charge on any atom is 0.573 e. The highest BCUT2D eigenvalue weighted by atomic mass is 19.4. The van der Waals surface area contributed by atoms with Crippen molar-refractivity contribution in [3.8, 4) is 23.2 Å². The molecule has 0 atom stereocenters. The Balaban J connectivity index is 1.36. The summed E-state index contributed by atoms with van der Waals surface area (Å²) in [6.07, 6.45) is -3.12. The highest BCUT2D eigenvalue weighted by Crippen LogP contribution is 2.24. The summed E-state index contributed by atoms with van der Waals surface area (Å²) in [6.45, 7) is 3.85. The number of alkyl halides is 3. The number of benzene rings is 2. The number of hydrogen-bond acceptors (Lipinski definition) is 6. The van der Waals surface area contributed by atoms with Gasteiger partial charge in [0, 0.05) is 23.0 Å². The van der Waals surface area contributed by atoms with E-state index in [-0.39, 0.29) is 11.4 Å². The Labute approximate surface area is 192 Å². The number of aromatic nitrogens is 4. The number of halogens is 3. The molecule has 0 aliphatic rings. The standard InChI is InChI=1S/C23H18F3N5O3/c1-14-15(2)31(13-27-14)20-11-12-21(30-29-20)33-18-9-5-17(6-10-18)28-22(32)16-3-7-19(8-4-16)34-23(24,25)26/h3-13H,1-2H3,(H,28,32). The van der Waals surface area contributed by atoms with E-state index >= 15 is 0 Å². The molecule has 11 heteroatoms. The van der Waals surface area contributed by atoms with E-state index in [0.717, 1.165) is 23.5 Å². The number of imidazole rings is 1. The van der Waals surface area contributed by atoms with Gasteiger partial charge >= 0.3 is 6.36 Å². The summed E-state index contributed by atoms with van der Waals surface area (Å²) in [7, 11) is 0. The van der Waals surface area contributed by atoms with Crippen molar-refractivity contribution in [2.45, 2.75) is 20.2 Å². The molecule has 4 rings (SSSR count). The molecule has 4 aromatic rings. The van der Waals surface area contributed by atoms with E-state index in [0.29, 0.717) is 17.3 Å². The summed E-state index contributed by atoms with van der Waals surface area (Å²) in [5, 5.41) is 10.9. The first-order valence-corrected chi connectivity index (χ1v) is 9.98. The van der Waals surface area contributed by atoms with Gasteiger partial charge in [-0.3, -0.25) is 9.36 Å². The number of carbonyl (C=O) groups excluding carboxylic acids is 1. The lowest BCUT2D eigenvalue weighted by Crippen LogP contribution is -2.17. The lowest BCUT2D eigenvalue weighted by Gasteiger charge is -2.10. The van der Waals surface area contributed by atoms with Crippen LogP contribution in [0.3, 0.4) is 0 Å². The highest BCUT2D eigenvalue weighted by Gasteiger charge is 2.31. The monoisotopic (exact) mass is 469 g/mol. The summed E-state index contributed by atoms with van der Waals surface area (Å²) in [4.78, 5) is 16.6. The average molecular weight is 469 g/mol. The third kappa shape index (κ3) is 5.49. The van der Waals surface area contributed by atoms with E-state index in [1.807, 2.05) is 18.4 Å². The summed E-state index contributed by atoms with van der Waals surface area (Å²) in [5.74, 6) is 0.483. The van der Waals surface area contributed by atoms with Crippen LogP contribution in [0, 0.1) is 13.8 Å². The Kier molecular flexibility index (Phi) is 6.17. The first-order chi connectivity index (χ1) is 16.2. The van der Waals surface area contributed by atoms with Gasteiger partial charge in [0.15, 0.2) is 5.82 Å². The van der Waals surface area contributed by atoms with Gasteiger partial charge in [-0.1, -0.05) is 0 Å². The SMILES string of the molecule is Cc1ncn(-c2ccc(Oc3ccc(NC(=O)c4ccc(OC(F)(F)F)cc4)cc3)nn2)c1C. The van der Waals surface area contributed by atoms with Gasteiger partial charge in [-0.15, -0.1) is 23.4 Å². The topological polar surface area (TPSA) is 91.2 Å². The van der Waals surface area contributed by atoms with Crippen molar-refractivity contribution in [2.75, 3.05) is 5.32 Å². The van der Waals surface area contributed by atoms with E-state index in [1.54, 1.807) is 42.7 Å². The molecule has 2 aromatic carbocycles. The zero-order valence-electron chi connectivity index (χ0n) is 18.0. The predicted octanol–water partition coefficient (Wildman–Crippen LogP) is 5.22. The van der Waals surface area contributed by atoms with E-state index in [9.17, 15) is 18.0 Å². The van der Waals surface area contributed by atoms with Crippen LogP contribution in [0.25, 0.3) is 5.82 Å². The lowest BCUT2D eigenvalue weighted by molar-refractivity contribution is -0.274. The smallest absolute Gasteiger partial charge is 0.438 e. The van der Waals surface area contributed by atoms with Crippen LogP contribution in [0.15, 0.2) is 67.0 Å². The fourth-order valence-electron chi connectivity index (χ4n) is 2.96. The van der Waals surface area contributed by atoms with Gasteiger partial charge in [0.1, 0.15) is 17.8 Å². The normalized spacial score (nSPS) is 11.2. The predicted molar refractivity (Wildman–Crippen MR) is 116 cm³/mol. The van der Waals surface area contributed by atoms with Gasteiger partial charge in [-0.25, -0.2) is 4.98 Å². The van der Waals surface area contributed by atoms with Crippen LogP contribution < -0.4 is 14.8 Å². The third-order valence-electron chi connectivity index (χ3n) is 4.81. The number of amides is 1. The van der Waals surface area contributed by atoms with E-state index < -0.39 is 18.0 Å². The fraction of sp³-hybridized carbons (Fsp3) is 0.130. The van der Waals surface area contributed by atoms with Crippen LogP contribution in [0.4, 0.5) is 18.9 Å². The molecule has 0 radical (unpaired) electrons. The minimum absolute atomic E-state index is 0.175. The second kappa shape index (κ2) is 9.22. The van der Waals surface area contributed by atoms with Crippen molar-refractivity contribution in [3.05, 3.63) is 83.9 Å². The van der Waals surface area contributed by atoms with Gasteiger partial charge in [-0.2, -0.15) is 0 Å². The molecule has 0 aliphatic carbocycles. The summed E-state index contributed by atoms with van der Waals surface area (Å²) >= 11 is 0. The zero-order chi connectivity index (χ0) is 24.3. The number of hydrogen-bond donors (Lipinski definition) is 1. The molecule has 0 saturated heterocycles. The molecule has 8 nitrogen and oxygen atoms in total. The molecule has 1 amide bonds. The van der Waals surface area contributed by atoms with Gasteiger partial charge in [-0.05, 0) is 68.4 Å². The van der Waals surface area contributed by atoms with Crippen molar-refractivity contribution < 1.29 is 27.4 Å². The number of nitrogens with one attached hydrogen (secondary N) is 1. The van der Waals surface area contributed by atoms with E-state index in [2.05, 4.69) is 25.2 Å². The second-order valence-corrected chi connectivity index (χ2v) is 7.17. The largest absolute Gasteiger partial charge is 0.573 e. The van der Waals surface area contributed by atoms with Crippen LogP contribution in [-0.2, 0) is 0 Å². The molecule has 1 N–H and O–H groups in total. The van der Waals surface area contributed by atoms with Gasteiger partial charge in [0.2, 0.25) is 5.88 Å². The molecule has 174 valence electrons. The Morgan fingerprint density at radius 2 is 1.59 bits per heavy atom. The number of nitrogens with zero attached hydrogens (tertiary/aromatic N) is 4. The van der Waals surface area contributed by atoms with Crippen molar-refractivity contribution in [1.29, 1.82) is 0 Å². The molecular weight excluding hydrogens is 451 g/mol. The van der Waals surface area contributed by atoms with Crippen molar-refractivity contribution in [3.63, 3.8) is 0 Å². The van der Waals surface area contributed by atoms with Crippen LogP contribution in [0.5, 0.6) is 17.4 Å². The van der Waals surface area contributed by atoms with Gasteiger partial charge in [0.05, 0.1) is 5.69 Å². The quantitative estimate of drug-likeness (QED) is 0.416. The maximum atomic E-state index is 12.3. The van der Waals surface area contributed by atoms with Gasteiger partial charge < -0.3 is 14.8 Å². The molecule has 0 bridgehead atoms. The van der Waals surface area contributed by atoms with Crippen LogP contribution in [-0.4, -0.2) is 32.0 Å². The zero-order valence-corrected chi connectivity index (χ0v) is 18.0. The lowest BCUT2D eigenvalue weighted by atomic mass is 10.2. The molecule has 2 heterocycles. The molecule has 0 unspecified atom stereocenters. The minimum atomic E-state index is -4.79. The fourth-order valence-corrected chi connectivity index (χ4v) is 2.96. The molecule has 0 saturated carbocycles. The summed E-state index contributed by atoms with van der Waals surface area (Å²) in [6, 6.07) is 14.6. The molecule has 2 aromatic heterocycles. The number of aryl methyl sites for hydroxylation is 1.